The number of aryl methyl sites for hydroxylation is 1. The lowest BCUT2D eigenvalue weighted by Crippen LogP contribution is -2.37. The van der Waals surface area contributed by atoms with E-state index in [-0.39, 0.29) is 29.3 Å². The Balaban J connectivity index is 1.21. The molecule has 1 N–H and O–H groups in total. The molecular formula is C25H29F3N2O. The van der Waals surface area contributed by atoms with Gasteiger partial charge in [-0.1, -0.05) is 48.5 Å². The minimum Gasteiger partial charge on any atom is -0.352 e. The summed E-state index contributed by atoms with van der Waals surface area (Å²) in [5.74, 6) is -0.161. The Hall–Kier alpha value is -2.34. The van der Waals surface area contributed by atoms with Crippen LogP contribution < -0.4 is 5.32 Å². The number of rotatable bonds is 7. The molecule has 6 heteroatoms. The minimum atomic E-state index is -4.41. The number of carbonyl (C=O) groups is 1. The summed E-state index contributed by atoms with van der Waals surface area (Å²) in [4.78, 5) is 15.1. The van der Waals surface area contributed by atoms with Gasteiger partial charge in [0.1, 0.15) is 0 Å². The van der Waals surface area contributed by atoms with Gasteiger partial charge in [-0.3, -0.25) is 4.79 Å². The van der Waals surface area contributed by atoms with Crippen molar-refractivity contribution in [2.75, 3.05) is 19.6 Å². The first-order valence-electron chi connectivity index (χ1n) is 11.1. The van der Waals surface area contributed by atoms with E-state index in [2.05, 4.69) is 34.5 Å². The summed E-state index contributed by atoms with van der Waals surface area (Å²) in [6.07, 6.45) is 0.644. The van der Waals surface area contributed by atoms with E-state index in [9.17, 15) is 18.0 Å². The largest absolute Gasteiger partial charge is 0.416 e. The van der Waals surface area contributed by atoms with Crippen molar-refractivity contribution in [3.63, 3.8) is 0 Å². The standard InChI is InChI=1S/C25H29F3N2O/c26-25(27,28)21-11-5-4-10-20(21)18-29-23(31)22-17-24(22)12-15-30(16-13-24)14-6-9-19-7-2-1-3-8-19/h1-5,7-8,10-11,22H,6,9,12-18H2,(H,29,31)/t22-/m0/s1. The predicted octanol–water partition coefficient (Wildman–Crippen LogP) is 5.06. The molecule has 1 aliphatic carbocycles. The zero-order valence-corrected chi connectivity index (χ0v) is 17.6. The maximum atomic E-state index is 13.1. The Morgan fingerprint density at radius 1 is 1.03 bits per heavy atom. The number of nitrogens with zero attached hydrogens (tertiary/aromatic N) is 1. The van der Waals surface area contributed by atoms with Crippen LogP contribution in [0.5, 0.6) is 0 Å². The Morgan fingerprint density at radius 3 is 2.42 bits per heavy atom. The summed E-state index contributed by atoms with van der Waals surface area (Å²) in [7, 11) is 0. The number of likely N-dealkylation sites (tertiary alicyclic amines) is 1. The van der Waals surface area contributed by atoms with Gasteiger partial charge in [-0.25, -0.2) is 0 Å². The number of amides is 1. The van der Waals surface area contributed by atoms with Gasteiger partial charge >= 0.3 is 6.18 Å². The van der Waals surface area contributed by atoms with Crippen molar-refractivity contribution >= 4 is 5.91 Å². The molecule has 4 rings (SSSR count). The van der Waals surface area contributed by atoms with Gasteiger partial charge in [-0.15, -0.1) is 0 Å². The van der Waals surface area contributed by atoms with Gasteiger partial charge in [0.25, 0.3) is 0 Å². The lowest BCUT2D eigenvalue weighted by atomic mass is 9.90. The van der Waals surface area contributed by atoms with Gasteiger partial charge in [-0.05, 0) is 74.3 Å². The topological polar surface area (TPSA) is 32.3 Å². The Morgan fingerprint density at radius 2 is 1.71 bits per heavy atom. The van der Waals surface area contributed by atoms with E-state index >= 15 is 0 Å². The van der Waals surface area contributed by atoms with Crippen molar-refractivity contribution in [2.45, 2.75) is 44.8 Å². The van der Waals surface area contributed by atoms with E-state index in [0.717, 1.165) is 57.8 Å². The van der Waals surface area contributed by atoms with Crippen LogP contribution in [0.15, 0.2) is 54.6 Å². The Labute approximate surface area is 181 Å². The fourth-order valence-electron chi connectivity index (χ4n) is 4.90. The SMILES string of the molecule is O=C(NCc1ccccc1C(F)(F)F)[C@@H]1CC12CCN(CCCc1ccccc1)CC2. The lowest BCUT2D eigenvalue weighted by molar-refractivity contribution is -0.138. The highest BCUT2D eigenvalue weighted by Crippen LogP contribution is 2.59. The van der Waals surface area contributed by atoms with Crippen LogP contribution in [0.3, 0.4) is 0 Å². The summed E-state index contributed by atoms with van der Waals surface area (Å²) in [6.45, 7) is 2.98. The second kappa shape index (κ2) is 9.03. The molecule has 1 spiro atoms. The van der Waals surface area contributed by atoms with Crippen LogP contribution in [0.25, 0.3) is 0 Å². The van der Waals surface area contributed by atoms with Crippen molar-refractivity contribution in [3.8, 4) is 0 Å². The van der Waals surface area contributed by atoms with Crippen LogP contribution in [0.4, 0.5) is 13.2 Å². The number of benzene rings is 2. The quantitative estimate of drug-likeness (QED) is 0.666. The highest BCUT2D eigenvalue weighted by Gasteiger charge is 2.58. The summed E-state index contributed by atoms with van der Waals surface area (Å²) in [5, 5.41) is 2.76. The molecule has 0 aromatic heterocycles. The van der Waals surface area contributed by atoms with Crippen LogP contribution in [-0.4, -0.2) is 30.4 Å². The monoisotopic (exact) mass is 430 g/mol. The average Bonchev–Trinajstić information content (AvgIpc) is 3.47. The fourth-order valence-corrected chi connectivity index (χ4v) is 4.90. The molecule has 1 heterocycles. The molecule has 31 heavy (non-hydrogen) atoms. The molecule has 2 aliphatic rings. The second-order valence-electron chi connectivity index (χ2n) is 8.92. The molecule has 1 saturated heterocycles. The molecule has 2 fully saturated rings. The van der Waals surface area contributed by atoms with E-state index in [1.807, 2.05) is 6.07 Å². The molecule has 0 radical (unpaired) electrons. The Kier molecular flexibility index (Phi) is 6.37. The number of piperidine rings is 1. The average molecular weight is 431 g/mol. The number of halogens is 3. The number of hydrogen-bond acceptors (Lipinski definition) is 2. The third kappa shape index (κ3) is 5.29. The lowest BCUT2D eigenvalue weighted by Gasteiger charge is -2.32. The van der Waals surface area contributed by atoms with Crippen LogP contribution in [-0.2, 0) is 23.9 Å². The zero-order valence-electron chi connectivity index (χ0n) is 17.6. The molecule has 0 bridgehead atoms. The van der Waals surface area contributed by atoms with Crippen molar-refractivity contribution in [1.29, 1.82) is 0 Å². The molecular weight excluding hydrogens is 401 g/mol. The van der Waals surface area contributed by atoms with E-state index in [1.54, 1.807) is 6.07 Å². The molecule has 1 atom stereocenters. The normalized spacial score (nSPS) is 20.5. The first-order chi connectivity index (χ1) is 14.9. The third-order valence-electron chi connectivity index (χ3n) is 6.92. The highest BCUT2D eigenvalue weighted by atomic mass is 19.4. The minimum absolute atomic E-state index is 0.0583. The molecule has 166 valence electrons. The van der Waals surface area contributed by atoms with Gasteiger partial charge in [0, 0.05) is 12.5 Å². The van der Waals surface area contributed by atoms with Crippen molar-refractivity contribution in [1.82, 2.24) is 10.2 Å². The van der Waals surface area contributed by atoms with Crippen LogP contribution in [0, 0.1) is 11.3 Å². The van der Waals surface area contributed by atoms with Crippen molar-refractivity contribution in [2.24, 2.45) is 11.3 Å². The summed E-state index contributed by atoms with van der Waals surface area (Å²) >= 11 is 0. The fraction of sp³-hybridized carbons (Fsp3) is 0.480. The zero-order chi connectivity index (χ0) is 21.9. The van der Waals surface area contributed by atoms with Crippen LogP contribution >= 0.6 is 0 Å². The predicted molar refractivity (Wildman–Crippen MR) is 114 cm³/mol. The van der Waals surface area contributed by atoms with Crippen LogP contribution in [0.1, 0.15) is 42.4 Å². The van der Waals surface area contributed by atoms with Gasteiger partial charge in [0.15, 0.2) is 0 Å². The number of hydrogen-bond donors (Lipinski definition) is 1. The number of nitrogens with one attached hydrogen (secondary N) is 1. The molecule has 1 amide bonds. The highest BCUT2D eigenvalue weighted by molar-refractivity contribution is 5.82. The molecule has 3 nitrogen and oxygen atoms in total. The van der Waals surface area contributed by atoms with E-state index in [1.165, 1.54) is 17.7 Å². The molecule has 2 aromatic rings. The second-order valence-corrected chi connectivity index (χ2v) is 8.92. The summed E-state index contributed by atoms with van der Waals surface area (Å²) in [6, 6.07) is 15.9. The summed E-state index contributed by atoms with van der Waals surface area (Å²) in [5.41, 5.74) is 0.863. The van der Waals surface area contributed by atoms with Gasteiger partial charge in [-0.2, -0.15) is 13.2 Å². The van der Waals surface area contributed by atoms with E-state index in [0.29, 0.717) is 0 Å². The number of carbonyl (C=O) groups excluding carboxylic acids is 1. The Bertz CT molecular complexity index is 889. The maximum absolute atomic E-state index is 13.1. The first kappa shape index (κ1) is 21.9. The molecule has 1 saturated carbocycles. The van der Waals surface area contributed by atoms with E-state index in [4.69, 9.17) is 0 Å². The molecule has 0 unspecified atom stereocenters. The first-order valence-corrected chi connectivity index (χ1v) is 11.1. The van der Waals surface area contributed by atoms with E-state index < -0.39 is 11.7 Å². The molecule has 1 aliphatic heterocycles. The van der Waals surface area contributed by atoms with Crippen LogP contribution in [0.2, 0.25) is 0 Å². The third-order valence-corrected chi connectivity index (χ3v) is 6.92. The van der Waals surface area contributed by atoms with Gasteiger partial charge < -0.3 is 10.2 Å². The van der Waals surface area contributed by atoms with Crippen molar-refractivity contribution < 1.29 is 18.0 Å². The molecule has 2 aromatic carbocycles. The van der Waals surface area contributed by atoms with Crippen molar-refractivity contribution in [3.05, 3.63) is 71.3 Å². The maximum Gasteiger partial charge on any atom is 0.416 e. The number of alkyl halides is 3. The summed E-state index contributed by atoms with van der Waals surface area (Å²) < 4.78 is 39.4. The van der Waals surface area contributed by atoms with Gasteiger partial charge in [0.2, 0.25) is 5.91 Å². The smallest absolute Gasteiger partial charge is 0.352 e. The van der Waals surface area contributed by atoms with Gasteiger partial charge in [0.05, 0.1) is 5.56 Å².